The molecule has 0 rings (SSSR count). The molecular formula is C14H25NO. The largest absolute Gasteiger partial charge is 0.508 e. The van der Waals surface area contributed by atoms with Crippen molar-refractivity contribution in [2.75, 3.05) is 13.6 Å². The summed E-state index contributed by atoms with van der Waals surface area (Å²) in [6.07, 6.45) is 7.48. The normalized spacial score (nSPS) is 15.2. The predicted molar refractivity (Wildman–Crippen MR) is 71.7 cm³/mol. The summed E-state index contributed by atoms with van der Waals surface area (Å²) in [4.78, 5) is 2.21. The average molecular weight is 223 g/mol. The van der Waals surface area contributed by atoms with Gasteiger partial charge in [-0.15, -0.1) is 0 Å². The van der Waals surface area contributed by atoms with Crippen LogP contribution in [-0.4, -0.2) is 29.1 Å². The average Bonchev–Trinajstić information content (AvgIpc) is 2.15. The van der Waals surface area contributed by atoms with Gasteiger partial charge in [-0.05, 0) is 47.7 Å². The van der Waals surface area contributed by atoms with Gasteiger partial charge in [0.05, 0.1) is 0 Å². The van der Waals surface area contributed by atoms with Crippen LogP contribution in [-0.2, 0) is 0 Å². The highest BCUT2D eigenvalue weighted by atomic mass is 16.3. The molecule has 0 unspecified atom stereocenters. The van der Waals surface area contributed by atoms with Crippen molar-refractivity contribution in [2.24, 2.45) is 0 Å². The molecule has 0 aromatic rings. The second-order valence-electron chi connectivity index (χ2n) is 4.94. The lowest BCUT2D eigenvalue weighted by atomic mass is 10.0. The molecule has 92 valence electrons. The number of rotatable bonds is 4. The Morgan fingerprint density at radius 1 is 1.12 bits per heavy atom. The molecule has 0 aliphatic carbocycles. The van der Waals surface area contributed by atoms with Crippen molar-refractivity contribution in [3.05, 3.63) is 35.6 Å². The van der Waals surface area contributed by atoms with E-state index in [-0.39, 0.29) is 5.54 Å². The van der Waals surface area contributed by atoms with E-state index in [4.69, 9.17) is 0 Å². The Hall–Kier alpha value is -1.02. The van der Waals surface area contributed by atoms with E-state index in [1.165, 1.54) is 0 Å². The summed E-state index contributed by atoms with van der Waals surface area (Å²) in [7, 11) is 2.06. The first kappa shape index (κ1) is 15.0. The zero-order chi connectivity index (χ0) is 12.8. The van der Waals surface area contributed by atoms with Gasteiger partial charge in [-0.1, -0.05) is 18.2 Å². The second kappa shape index (κ2) is 6.54. The first-order chi connectivity index (χ1) is 7.32. The maximum atomic E-state index is 9.87. The third kappa shape index (κ3) is 5.17. The van der Waals surface area contributed by atoms with Crippen molar-refractivity contribution >= 4 is 0 Å². The molecule has 0 aromatic heterocycles. The molecule has 0 bridgehead atoms. The van der Waals surface area contributed by atoms with Crippen LogP contribution in [0.3, 0.4) is 0 Å². The van der Waals surface area contributed by atoms with Crippen molar-refractivity contribution in [2.45, 2.75) is 40.2 Å². The van der Waals surface area contributed by atoms with Gasteiger partial charge in [0, 0.05) is 17.7 Å². The van der Waals surface area contributed by atoms with Gasteiger partial charge in [0.15, 0.2) is 0 Å². The molecule has 0 amide bonds. The van der Waals surface area contributed by atoms with E-state index in [1.807, 2.05) is 32.1 Å². The van der Waals surface area contributed by atoms with E-state index in [1.54, 1.807) is 6.08 Å². The van der Waals surface area contributed by atoms with Crippen molar-refractivity contribution < 1.29 is 5.11 Å². The molecule has 0 heterocycles. The van der Waals surface area contributed by atoms with E-state index in [2.05, 4.69) is 32.7 Å². The number of allylic oxidation sites excluding steroid dienone is 3. The van der Waals surface area contributed by atoms with Gasteiger partial charge in [-0.25, -0.2) is 0 Å². The van der Waals surface area contributed by atoms with Gasteiger partial charge in [0.2, 0.25) is 0 Å². The van der Waals surface area contributed by atoms with Crippen LogP contribution in [0.5, 0.6) is 0 Å². The minimum atomic E-state index is 0.100. The molecule has 0 atom stereocenters. The highest BCUT2D eigenvalue weighted by Crippen LogP contribution is 2.15. The molecule has 0 spiro atoms. The number of aliphatic hydroxyl groups is 1. The van der Waals surface area contributed by atoms with E-state index < -0.39 is 0 Å². The van der Waals surface area contributed by atoms with E-state index in [0.29, 0.717) is 5.76 Å². The van der Waals surface area contributed by atoms with Gasteiger partial charge in [-0.3, -0.25) is 4.90 Å². The molecule has 2 nitrogen and oxygen atoms in total. The SMILES string of the molecule is C\C=C/C(O)=C(\C=C/C)CN(C)C(C)(C)C. The third-order valence-electron chi connectivity index (χ3n) is 2.57. The summed E-state index contributed by atoms with van der Waals surface area (Å²) in [6, 6.07) is 0. The summed E-state index contributed by atoms with van der Waals surface area (Å²) in [5.41, 5.74) is 1.04. The van der Waals surface area contributed by atoms with Crippen LogP contribution in [0.2, 0.25) is 0 Å². The number of hydrogen-bond acceptors (Lipinski definition) is 2. The van der Waals surface area contributed by atoms with Crippen LogP contribution in [0, 0.1) is 0 Å². The van der Waals surface area contributed by atoms with Crippen LogP contribution in [0.4, 0.5) is 0 Å². The molecule has 2 heteroatoms. The molecule has 0 fully saturated rings. The van der Waals surface area contributed by atoms with Crippen LogP contribution in [0.15, 0.2) is 35.6 Å². The smallest absolute Gasteiger partial charge is 0.119 e. The fourth-order valence-electron chi connectivity index (χ4n) is 1.18. The lowest BCUT2D eigenvalue weighted by molar-refractivity contribution is 0.190. The number of aliphatic hydroxyl groups excluding tert-OH is 1. The van der Waals surface area contributed by atoms with Crippen LogP contribution in [0.25, 0.3) is 0 Å². The van der Waals surface area contributed by atoms with Crippen molar-refractivity contribution in [3.8, 4) is 0 Å². The van der Waals surface area contributed by atoms with E-state index >= 15 is 0 Å². The van der Waals surface area contributed by atoms with Crippen LogP contribution >= 0.6 is 0 Å². The molecule has 1 N–H and O–H groups in total. The quantitative estimate of drug-likeness (QED) is 0.580. The zero-order valence-corrected chi connectivity index (χ0v) is 11.4. The molecule has 0 aliphatic heterocycles. The third-order valence-corrected chi connectivity index (χ3v) is 2.57. The monoisotopic (exact) mass is 223 g/mol. The first-order valence-electron chi connectivity index (χ1n) is 5.71. The minimum absolute atomic E-state index is 0.100. The maximum absolute atomic E-state index is 9.87. The lowest BCUT2D eigenvalue weighted by Crippen LogP contribution is -2.39. The molecule has 0 saturated carbocycles. The Kier molecular flexibility index (Phi) is 6.12. The van der Waals surface area contributed by atoms with Crippen LogP contribution in [0.1, 0.15) is 34.6 Å². The number of likely N-dealkylation sites (N-methyl/N-ethyl adjacent to an activating group) is 1. The van der Waals surface area contributed by atoms with E-state index in [0.717, 1.165) is 12.1 Å². The fourth-order valence-corrected chi connectivity index (χ4v) is 1.18. The summed E-state index contributed by atoms with van der Waals surface area (Å²) in [5, 5.41) is 9.87. The number of nitrogens with zero attached hydrogens (tertiary/aromatic N) is 1. The topological polar surface area (TPSA) is 23.5 Å². The van der Waals surface area contributed by atoms with Gasteiger partial charge in [-0.2, -0.15) is 0 Å². The van der Waals surface area contributed by atoms with Gasteiger partial charge in [0.1, 0.15) is 5.76 Å². The van der Waals surface area contributed by atoms with Gasteiger partial charge >= 0.3 is 0 Å². The highest BCUT2D eigenvalue weighted by molar-refractivity contribution is 5.29. The number of hydrogen-bond donors (Lipinski definition) is 1. The first-order valence-corrected chi connectivity index (χ1v) is 5.71. The van der Waals surface area contributed by atoms with Crippen molar-refractivity contribution in [1.29, 1.82) is 0 Å². The lowest BCUT2D eigenvalue weighted by Gasteiger charge is -2.32. The fraction of sp³-hybridized carbons (Fsp3) is 0.571. The summed E-state index contributed by atoms with van der Waals surface area (Å²) >= 11 is 0. The van der Waals surface area contributed by atoms with Crippen molar-refractivity contribution in [1.82, 2.24) is 4.90 Å². The Bertz CT molecular complexity index is 292. The highest BCUT2D eigenvalue weighted by Gasteiger charge is 2.18. The molecule has 16 heavy (non-hydrogen) atoms. The Balaban J connectivity index is 4.91. The van der Waals surface area contributed by atoms with Crippen LogP contribution < -0.4 is 0 Å². The Labute approximate surface area is 100.0 Å². The standard InChI is InChI=1S/C14H25NO/c1-7-9-12(13(16)10-8-2)11-15(6)14(3,4)5/h7-10,16H,11H2,1-6H3/b9-7-,10-8-,13-12-. The molecule has 0 aromatic carbocycles. The zero-order valence-electron chi connectivity index (χ0n) is 11.4. The summed E-state index contributed by atoms with van der Waals surface area (Å²) < 4.78 is 0. The predicted octanol–water partition coefficient (Wildman–Crippen LogP) is 3.68. The van der Waals surface area contributed by atoms with Gasteiger partial charge in [0.25, 0.3) is 0 Å². The van der Waals surface area contributed by atoms with Crippen molar-refractivity contribution in [3.63, 3.8) is 0 Å². The summed E-state index contributed by atoms with van der Waals surface area (Å²) in [6.45, 7) is 11.1. The maximum Gasteiger partial charge on any atom is 0.119 e. The molecule has 0 aliphatic rings. The molecule has 0 saturated heterocycles. The molecular weight excluding hydrogens is 198 g/mol. The van der Waals surface area contributed by atoms with Gasteiger partial charge < -0.3 is 5.11 Å². The van der Waals surface area contributed by atoms with E-state index in [9.17, 15) is 5.11 Å². The molecule has 0 radical (unpaired) electrons. The minimum Gasteiger partial charge on any atom is -0.508 e. The second-order valence-corrected chi connectivity index (χ2v) is 4.94. The Morgan fingerprint density at radius 3 is 2.00 bits per heavy atom. The Morgan fingerprint density at radius 2 is 1.62 bits per heavy atom. The summed E-state index contributed by atoms with van der Waals surface area (Å²) in [5.74, 6) is 0.344.